The smallest absolute Gasteiger partial charge is 0.224 e. The third kappa shape index (κ3) is 3.08. The molecule has 1 aliphatic rings. The Hall–Kier alpha value is -1.87. The van der Waals surface area contributed by atoms with Crippen molar-refractivity contribution in [1.29, 1.82) is 0 Å². The normalized spacial score (nSPS) is 20.1. The van der Waals surface area contributed by atoms with Crippen molar-refractivity contribution < 1.29 is 9.18 Å². The molecule has 108 valence electrons. The van der Waals surface area contributed by atoms with Crippen LogP contribution in [0.15, 0.2) is 48.5 Å². The van der Waals surface area contributed by atoms with Gasteiger partial charge in [-0.3, -0.25) is 4.79 Å². The highest BCUT2D eigenvalue weighted by atomic mass is 35.5. The molecule has 1 fully saturated rings. The number of amides is 1. The predicted octanol–water partition coefficient (Wildman–Crippen LogP) is 3.90. The molecular formula is C17H15ClFNO. The van der Waals surface area contributed by atoms with E-state index in [4.69, 9.17) is 11.6 Å². The Balaban J connectivity index is 1.59. The standard InChI is InChI=1S/C17H15ClFNO/c18-15-7-3-2-6-12(15)13-9-14(13)17(21)20-10-11-5-1-4-8-16(11)19/h1-8,13-14H,9-10H2,(H,20,21). The van der Waals surface area contributed by atoms with E-state index in [0.717, 1.165) is 12.0 Å². The second kappa shape index (κ2) is 5.86. The molecule has 1 aliphatic carbocycles. The molecule has 2 atom stereocenters. The zero-order valence-electron chi connectivity index (χ0n) is 11.4. The number of nitrogens with one attached hydrogen (secondary N) is 1. The summed E-state index contributed by atoms with van der Waals surface area (Å²) in [4.78, 5) is 12.1. The minimum atomic E-state index is -0.295. The van der Waals surface area contributed by atoms with Crippen LogP contribution in [0.4, 0.5) is 4.39 Å². The molecule has 3 rings (SSSR count). The number of halogens is 2. The van der Waals surface area contributed by atoms with Gasteiger partial charge in [-0.1, -0.05) is 48.0 Å². The summed E-state index contributed by atoms with van der Waals surface area (Å²) in [7, 11) is 0. The van der Waals surface area contributed by atoms with E-state index in [2.05, 4.69) is 5.32 Å². The highest BCUT2D eigenvalue weighted by molar-refractivity contribution is 6.31. The predicted molar refractivity (Wildman–Crippen MR) is 80.5 cm³/mol. The van der Waals surface area contributed by atoms with Gasteiger partial charge in [-0.2, -0.15) is 0 Å². The molecule has 0 saturated heterocycles. The van der Waals surface area contributed by atoms with Gasteiger partial charge in [-0.15, -0.1) is 0 Å². The van der Waals surface area contributed by atoms with Crippen LogP contribution in [0.1, 0.15) is 23.5 Å². The van der Waals surface area contributed by atoms with Crippen molar-refractivity contribution in [2.24, 2.45) is 5.92 Å². The van der Waals surface area contributed by atoms with Gasteiger partial charge in [0.05, 0.1) is 0 Å². The van der Waals surface area contributed by atoms with Crippen molar-refractivity contribution in [3.05, 3.63) is 70.5 Å². The molecule has 2 aromatic carbocycles. The molecule has 2 aromatic rings. The molecule has 21 heavy (non-hydrogen) atoms. The van der Waals surface area contributed by atoms with Crippen LogP contribution in [-0.2, 0) is 11.3 Å². The lowest BCUT2D eigenvalue weighted by Crippen LogP contribution is -2.25. The van der Waals surface area contributed by atoms with Gasteiger partial charge >= 0.3 is 0 Å². The minimum absolute atomic E-state index is 0.0387. The van der Waals surface area contributed by atoms with E-state index in [1.165, 1.54) is 6.07 Å². The monoisotopic (exact) mass is 303 g/mol. The zero-order chi connectivity index (χ0) is 14.8. The fourth-order valence-corrected chi connectivity index (χ4v) is 2.84. The first-order valence-corrected chi connectivity index (χ1v) is 7.30. The van der Waals surface area contributed by atoms with Crippen molar-refractivity contribution in [2.75, 3.05) is 0 Å². The summed E-state index contributed by atoms with van der Waals surface area (Å²) in [5.41, 5.74) is 1.52. The Morgan fingerprint density at radius 1 is 1.19 bits per heavy atom. The van der Waals surface area contributed by atoms with Crippen molar-refractivity contribution in [3.63, 3.8) is 0 Å². The molecule has 4 heteroatoms. The summed E-state index contributed by atoms with van der Waals surface area (Å²) >= 11 is 6.14. The summed E-state index contributed by atoms with van der Waals surface area (Å²) in [6.45, 7) is 0.219. The maximum atomic E-state index is 13.5. The molecule has 2 unspecified atom stereocenters. The van der Waals surface area contributed by atoms with Gasteiger partial charge < -0.3 is 5.32 Å². The topological polar surface area (TPSA) is 29.1 Å². The van der Waals surface area contributed by atoms with Crippen LogP contribution < -0.4 is 5.32 Å². The number of hydrogen-bond donors (Lipinski definition) is 1. The Bertz CT molecular complexity index is 673. The van der Waals surface area contributed by atoms with Gasteiger partial charge in [-0.05, 0) is 30.0 Å². The lowest BCUT2D eigenvalue weighted by molar-refractivity contribution is -0.122. The van der Waals surface area contributed by atoms with E-state index in [1.807, 2.05) is 24.3 Å². The molecule has 0 radical (unpaired) electrons. The lowest BCUT2D eigenvalue weighted by atomic mass is 10.1. The Labute approximate surface area is 127 Å². The molecule has 0 aliphatic heterocycles. The third-order valence-corrected chi connectivity index (χ3v) is 4.19. The van der Waals surface area contributed by atoms with E-state index in [9.17, 15) is 9.18 Å². The zero-order valence-corrected chi connectivity index (χ0v) is 12.1. The number of benzene rings is 2. The van der Waals surface area contributed by atoms with Crippen LogP contribution in [0, 0.1) is 11.7 Å². The van der Waals surface area contributed by atoms with E-state index in [0.29, 0.717) is 10.6 Å². The number of carbonyl (C=O) groups is 1. The van der Waals surface area contributed by atoms with Crippen molar-refractivity contribution in [2.45, 2.75) is 18.9 Å². The average Bonchev–Trinajstić information content (AvgIpc) is 3.27. The fraction of sp³-hybridized carbons (Fsp3) is 0.235. The fourth-order valence-electron chi connectivity index (χ4n) is 2.56. The summed E-state index contributed by atoms with van der Waals surface area (Å²) in [5, 5.41) is 3.50. The van der Waals surface area contributed by atoms with E-state index >= 15 is 0 Å². The second-order valence-corrected chi connectivity index (χ2v) is 5.69. The molecule has 0 heterocycles. The van der Waals surface area contributed by atoms with Gasteiger partial charge in [0.25, 0.3) is 0 Å². The van der Waals surface area contributed by atoms with Crippen LogP contribution in [0.3, 0.4) is 0 Å². The molecule has 0 spiro atoms. The second-order valence-electron chi connectivity index (χ2n) is 5.28. The molecule has 1 amide bonds. The van der Waals surface area contributed by atoms with Crippen molar-refractivity contribution >= 4 is 17.5 Å². The first-order valence-electron chi connectivity index (χ1n) is 6.92. The van der Waals surface area contributed by atoms with E-state index in [-0.39, 0.29) is 30.1 Å². The van der Waals surface area contributed by atoms with Crippen molar-refractivity contribution in [1.82, 2.24) is 5.32 Å². The van der Waals surface area contributed by atoms with E-state index in [1.54, 1.807) is 18.2 Å². The summed E-state index contributed by atoms with van der Waals surface area (Å²) in [6.07, 6.45) is 0.798. The van der Waals surface area contributed by atoms with Gasteiger partial charge in [0, 0.05) is 23.0 Å². The Morgan fingerprint density at radius 2 is 1.90 bits per heavy atom. The lowest BCUT2D eigenvalue weighted by Gasteiger charge is -2.07. The third-order valence-electron chi connectivity index (χ3n) is 3.84. The Kier molecular flexibility index (Phi) is 3.93. The SMILES string of the molecule is O=C(NCc1ccccc1F)C1CC1c1ccccc1Cl. The van der Waals surface area contributed by atoms with Gasteiger partial charge in [0.2, 0.25) is 5.91 Å². The number of hydrogen-bond acceptors (Lipinski definition) is 1. The number of rotatable bonds is 4. The van der Waals surface area contributed by atoms with Crippen LogP contribution in [0.25, 0.3) is 0 Å². The van der Waals surface area contributed by atoms with Crippen LogP contribution in [-0.4, -0.2) is 5.91 Å². The maximum absolute atomic E-state index is 13.5. The highest BCUT2D eigenvalue weighted by Crippen LogP contribution is 2.49. The first-order chi connectivity index (χ1) is 10.2. The molecule has 0 aromatic heterocycles. The van der Waals surface area contributed by atoms with Gasteiger partial charge in [0.15, 0.2) is 0 Å². The quantitative estimate of drug-likeness (QED) is 0.912. The van der Waals surface area contributed by atoms with Crippen molar-refractivity contribution in [3.8, 4) is 0 Å². The Morgan fingerprint density at radius 3 is 2.67 bits per heavy atom. The summed E-state index contributed by atoms with van der Waals surface area (Å²) < 4.78 is 13.5. The minimum Gasteiger partial charge on any atom is -0.352 e. The maximum Gasteiger partial charge on any atom is 0.224 e. The molecule has 0 bridgehead atoms. The first kappa shape index (κ1) is 14.1. The highest BCUT2D eigenvalue weighted by Gasteiger charge is 2.44. The van der Waals surface area contributed by atoms with E-state index < -0.39 is 0 Å². The number of carbonyl (C=O) groups excluding carboxylic acids is 1. The van der Waals surface area contributed by atoms with Crippen LogP contribution in [0.5, 0.6) is 0 Å². The summed E-state index contributed by atoms with van der Waals surface area (Å²) in [5.74, 6) is -0.213. The molecule has 2 nitrogen and oxygen atoms in total. The largest absolute Gasteiger partial charge is 0.352 e. The molecule has 1 saturated carbocycles. The molecule has 1 N–H and O–H groups in total. The van der Waals surface area contributed by atoms with Crippen LogP contribution >= 0.6 is 11.6 Å². The summed E-state index contributed by atoms with van der Waals surface area (Å²) in [6, 6.07) is 14.1. The van der Waals surface area contributed by atoms with Crippen LogP contribution in [0.2, 0.25) is 5.02 Å². The van der Waals surface area contributed by atoms with Gasteiger partial charge in [-0.25, -0.2) is 4.39 Å². The molecular weight excluding hydrogens is 289 g/mol. The van der Waals surface area contributed by atoms with Gasteiger partial charge in [0.1, 0.15) is 5.82 Å². The average molecular weight is 304 g/mol.